The van der Waals surface area contributed by atoms with Gasteiger partial charge in [-0.25, -0.2) is 4.79 Å². The normalized spacial score (nSPS) is 22.2. The number of hydrogen-bond acceptors (Lipinski definition) is 4. The maximum absolute atomic E-state index is 13.4. The van der Waals surface area contributed by atoms with Gasteiger partial charge in [0, 0.05) is 25.6 Å². The third-order valence-electron chi connectivity index (χ3n) is 8.49. The predicted octanol–water partition coefficient (Wildman–Crippen LogP) is 4.12. The second-order valence-corrected chi connectivity index (χ2v) is 10.1. The first-order valence-corrected chi connectivity index (χ1v) is 12.5. The molecule has 2 amide bonds. The number of ether oxygens (including phenoxy) is 1. The van der Waals surface area contributed by atoms with E-state index in [4.69, 9.17) is 4.74 Å². The van der Waals surface area contributed by atoms with Gasteiger partial charge in [0.2, 0.25) is 5.91 Å². The second-order valence-electron chi connectivity index (χ2n) is 10.1. The molecule has 3 aliphatic rings. The van der Waals surface area contributed by atoms with Crippen molar-refractivity contribution in [3.63, 3.8) is 0 Å². The van der Waals surface area contributed by atoms with Crippen molar-refractivity contribution in [1.29, 1.82) is 0 Å². The van der Waals surface area contributed by atoms with Crippen LogP contribution in [0.2, 0.25) is 0 Å². The molecule has 2 aromatic rings. The fraction of sp³-hybridized carbons (Fsp3) is 0.464. The van der Waals surface area contributed by atoms with Crippen LogP contribution in [-0.2, 0) is 14.3 Å². The van der Waals surface area contributed by atoms with E-state index in [0.717, 1.165) is 11.1 Å². The van der Waals surface area contributed by atoms with Gasteiger partial charge < -0.3 is 20.1 Å². The molecule has 2 aliphatic carbocycles. The molecule has 1 saturated carbocycles. The van der Waals surface area contributed by atoms with Crippen LogP contribution < -0.4 is 5.32 Å². The number of carboxylic acids is 1. The van der Waals surface area contributed by atoms with E-state index >= 15 is 0 Å². The van der Waals surface area contributed by atoms with Crippen LogP contribution in [0.1, 0.15) is 43.7 Å². The van der Waals surface area contributed by atoms with Crippen molar-refractivity contribution in [2.75, 3.05) is 26.2 Å². The number of fused-ring (bicyclic) bond motifs is 4. The molecule has 3 atom stereocenters. The Balaban J connectivity index is 1.19. The standard InChI is InChI=1S/C28H32N2O5/c1-3-28(4-2,26(33)30-13-21-22(14-30)24(21)25(31)32)16-29-27(34)35-15-23-19-11-7-5-9-17(19)18-10-6-8-12-20(18)23/h5-12,21-24H,3-4,13-16H2,1-2H3,(H,29,34)(H,31,32)/t21-,22+,24?. The number of nitrogens with zero attached hydrogens (tertiary/aromatic N) is 1. The summed E-state index contributed by atoms with van der Waals surface area (Å²) >= 11 is 0. The summed E-state index contributed by atoms with van der Waals surface area (Å²) < 4.78 is 5.65. The van der Waals surface area contributed by atoms with E-state index in [9.17, 15) is 19.5 Å². The van der Waals surface area contributed by atoms with Crippen LogP contribution in [0.15, 0.2) is 48.5 Å². The highest BCUT2D eigenvalue weighted by Gasteiger charge is 2.61. The van der Waals surface area contributed by atoms with Crippen LogP contribution >= 0.6 is 0 Å². The number of alkyl carbamates (subject to hydrolysis) is 1. The molecule has 0 bridgehead atoms. The lowest BCUT2D eigenvalue weighted by Crippen LogP contribution is -2.50. The third kappa shape index (κ3) is 3.97. The molecule has 0 spiro atoms. The van der Waals surface area contributed by atoms with Crippen LogP contribution in [0.25, 0.3) is 11.1 Å². The van der Waals surface area contributed by atoms with Crippen molar-refractivity contribution >= 4 is 18.0 Å². The predicted molar refractivity (Wildman–Crippen MR) is 131 cm³/mol. The van der Waals surface area contributed by atoms with E-state index in [0.29, 0.717) is 25.9 Å². The molecular weight excluding hydrogens is 444 g/mol. The lowest BCUT2D eigenvalue weighted by Gasteiger charge is -2.35. The number of aliphatic carboxylic acids is 1. The largest absolute Gasteiger partial charge is 0.481 e. The molecule has 2 N–H and O–H groups in total. The number of carbonyl (C=O) groups is 3. The van der Waals surface area contributed by atoms with Crippen molar-refractivity contribution in [2.24, 2.45) is 23.2 Å². The number of likely N-dealkylation sites (tertiary alicyclic amines) is 1. The van der Waals surface area contributed by atoms with Crippen LogP contribution in [0, 0.1) is 23.2 Å². The number of benzene rings is 2. The molecule has 2 fully saturated rings. The molecule has 1 saturated heterocycles. The summed E-state index contributed by atoms with van der Waals surface area (Å²) in [6.07, 6.45) is 0.640. The van der Waals surface area contributed by atoms with Gasteiger partial charge in [0.1, 0.15) is 6.61 Å². The zero-order chi connectivity index (χ0) is 24.7. The molecule has 1 heterocycles. The van der Waals surface area contributed by atoms with Gasteiger partial charge in [-0.15, -0.1) is 0 Å². The van der Waals surface area contributed by atoms with Crippen LogP contribution in [0.4, 0.5) is 4.79 Å². The summed E-state index contributed by atoms with van der Waals surface area (Å²) in [5, 5.41) is 12.1. The average molecular weight is 477 g/mol. The summed E-state index contributed by atoms with van der Waals surface area (Å²) in [6, 6.07) is 16.4. The summed E-state index contributed by atoms with van der Waals surface area (Å²) in [6.45, 7) is 5.32. The van der Waals surface area contributed by atoms with Crippen LogP contribution in [-0.4, -0.2) is 54.2 Å². The van der Waals surface area contributed by atoms with Crippen LogP contribution in [0.3, 0.4) is 0 Å². The van der Waals surface area contributed by atoms with Crippen molar-refractivity contribution in [1.82, 2.24) is 10.2 Å². The zero-order valence-corrected chi connectivity index (χ0v) is 20.2. The summed E-state index contributed by atoms with van der Waals surface area (Å²) in [5.41, 5.74) is 3.93. The molecule has 0 radical (unpaired) electrons. The number of hydrogen-bond donors (Lipinski definition) is 2. The lowest BCUT2D eigenvalue weighted by molar-refractivity contribution is -0.145. The van der Waals surface area contributed by atoms with Gasteiger partial charge in [0.25, 0.3) is 0 Å². The van der Waals surface area contributed by atoms with E-state index in [1.165, 1.54) is 11.1 Å². The van der Waals surface area contributed by atoms with Gasteiger partial charge in [-0.2, -0.15) is 0 Å². The first kappa shape index (κ1) is 23.4. The van der Waals surface area contributed by atoms with Crippen molar-refractivity contribution < 1.29 is 24.2 Å². The van der Waals surface area contributed by atoms with Gasteiger partial charge >= 0.3 is 12.1 Å². The van der Waals surface area contributed by atoms with Crippen LogP contribution in [0.5, 0.6) is 0 Å². The molecule has 184 valence electrons. The number of rotatable bonds is 8. The summed E-state index contributed by atoms with van der Waals surface area (Å²) in [7, 11) is 0. The highest BCUT2D eigenvalue weighted by Crippen LogP contribution is 2.52. The first-order chi connectivity index (χ1) is 16.9. The Labute approximate surface area is 205 Å². The Morgan fingerprint density at radius 1 is 0.971 bits per heavy atom. The SMILES string of the molecule is CCC(CC)(CNC(=O)OCC1c2ccccc2-c2ccccc21)C(=O)N1C[C@@H]2C(C(=O)O)[C@@H]2C1. The maximum Gasteiger partial charge on any atom is 0.407 e. The van der Waals surface area contributed by atoms with E-state index in [-0.39, 0.29) is 42.7 Å². The molecule has 7 nitrogen and oxygen atoms in total. The van der Waals surface area contributed by atoms with Crippen molar-refractivity contribution in [3.8, 4) is 11.1 Å². The molecule has 0 aromatic heterocycles. The average Bonchev–Trinajstić information content (AvgIpc) is 3.23. The summed E-state index contributed by atoms with van der Waals surface area (Å²) in [4.78, 5) is 39.2. The molecule has 7 heteroatoms. The molecular formula is C28H32N2O5. The fourth-order valence-electron chi connectivity index (χ4n) is 6.16. The first-order valence-electron chi connectivity index (χ1n) is 12.5. The summed E-state index contributed by atoms with van der Waals surface area (Å²) in [5.74, 6) is -0.957. The quantitative estimate of drug-likeness (QED) is 0.598. The zero-order valence-electron chi connectivity index (χ0n) is 20.2. The fourth-order valence-corrected chi connectivity index (χ4v) is 6.16. The van der Waals surface area contributed by atoms with Crippen molar-refractivity contribution in [2.45, 2.75) is 32.6 Å². The smallest absolute Gasteiger partial charge is 0.407 e. The third-order valence-corrected chi connectivity index (χ3v) is 8.49. The monoisotopic (exact) mass is 476 g/mol. The number of nitrogens with one attached hydrogen (secondary N) is 1. The van der Waals surface area contributed by atoms with E-state index in [1.807, 2.05) is 38.1 Å². The van der Waals surface area contributed by atoms with Gasteiger partial charge in [0.15, 0.2) is 0 Å². The Kier molecular flexibility index (Phi) is 6.03. The lowest BCUT2D eigenvalue weighted by atomic mass is 9.80. The number of piperidine rings is 1. The Morgan fingerprint density at radius 2 is 1.51 bits per heavy atom. The van der Waals surface area contributed by atoms with Gasteiger partial charge in [-0.1, -0.05) is 62.4 Å². The van der Waals surface area contributed by atoms with E-state index in [2.05, 4.69) is 29.6 Å². The maximum atomic E-state index is 13.4. The molecule has 1 unspecified atom stereocenters. The minimum absolute atomic E-state index is 0.00205. The van der Waals surface area contributed by atoms with Crippen molar-refractivity contribution in [3.05, 3.63) is 59.7 Å². The minimum Gasteiger partial charge on any atom is -0.481 e. The Hall–Kier alpha value is -3.35. The number of amides is 2. The second kappa shape index (κ2) is 9.02. The van der Waals surface area contributed by atoms with E-state index in [1.54, 1.807) is 4.90 Å². The molecule has 35 heavy (non-hydrogen) atoms. The Morgan fingerprint density at radius 3 is 2.03 bits per heavy atom. The number of carbonyl (C=O) groups excluding carboxylic acids is 2. The topological polar surface area (TPSA) is 95.9 Å². The highest BCUT2D eigenvalue weighted by atomic mass is 16.5. The minimum atomic E-state index is -0.763. The number of carboxylic acid groups (broad SMARTS) is 1. The molecule has 2 aromatic carbocycles. The Bertz CT molecular complexity index is 1100. The van der Waals surface area contributed by atoms with E-state index < -0.39 is 17.5 Å². The van der Waals surface area contributed by atoms with Gasteiger partial charge in [0.05, 0.1) is 11.3 Å². The van der Waals surface area contributed by atoms with Gasteiger partial charge in [-0.3, -0.25) is 9.59 Å². The molecule has 1 aliphatic heterocycles. The highest BCUT2D eigenvalue weighted by molar-refractivity contribution is 5.85. The molecule has 5 rings (SSSR count). The van der Waals surface area contributed by atoms with Gasteiger partial charge in [-0.05, 0) is 46.9 Å².